The van der Waals surface area contributed by atoms with E-state index in [0.29, 0.717) is 37.6 Å². The zero-order chi connectivity index (χ0) is 19.6. The number of benzene rings is 1. The van der Waals surface area contributed by atoms with E-state index in [9.17, 15) is 18.3 Å². The van der Waals surface area contributed by atoms with Gasteiger partial charge in [0.1, 0.15) is 0 Å². The Hall–Kier alpha value is -1.03. The summed E-state index contributed by atoms with van der Waals surface area (Å²) in [5.74, 6) is 0.622. The maximum Gasteiger partial charge on any atom is 0.416 e. The molecule has 0 amide bonds. The quantitative estimate of drug-likeness (QED) is 0.264. The Balaban J connectivity index is 0.00000676. The molecule has 0 aliphatic rings. The Bertz CT molecular complexity index is 558. The molecular weight excluding hydrogens is 470 g/mol. The average molecular weight is 501 g/mol. The molecule has 1 rings (SSSR count). The van der Waals surface area contributed by atoms with Crippen molar-refractivity contribution in [2.75, 3.05) is 19.7 Å². The molecule has 8 heteroatoms. The zero-order valence-corrected chi connectivity index (χ0v) is 18.5. The second-order valence-electron chi connectivity index (χ2n) is 6.42. The third-order valence-electron chi connectivity index (χ3n) is 4.82. The van der Waals surface area contributed by atoms with Gasteiger partial charge in [0.25, 0.3) is 0 Å². The smallest absolute Gasteiger partial charge is 0.396 e. The lowest BCUT2D eigenvalue weighted by Crippen LogP contribution is -2.43. The van der Waals surface area contributed by atoms with E-state index in [4.69, 9.17) is 0 Å². The molecule has 156 valence electrons. The van der Waals surface area contributed by atoms with Crippen LogP contribution in [0.2, 0.25) is 0 Å². The summed E-state index contributed by atoms with van der Waals surface area (Å²) in [4.78, 5) is 4.46. The predicted octanol–water partition coefficient (Wildman–Crippen LogP) is 4.57. The number of hydrogen-bond donors (Lipinski definition) is 3. The standard InChI is InChI=1S/C19H30F3N3O.HI/c1-4-18(5-2,11-12-26)14-25-17(23-6-3)24-13-15-7-9-16(10-8-15)19(20,21)22;/h7-10,26H,4-6,11-14H2,1-3H3,(H2,23,24,25);1H. The van der Waals surface area contributed by atoms with Crippen molar-refractivity contribution in [1.82, 2.24) is 10.6 Å². The largest absolute Gasteiger partial charge is 0.416 e. The Labute approximate surface area is 177 Å². The van der Waals surface area contributed by atoms with E-state index in [1.54, 1.807) is 0 Å². The molecule has 0 fully saturated rings. The van der Waals surface area contributed by atoms with Crippen molar-refractivity contribution in [2.24, 2.45) is 10.4 Å². The van der Waals surface area contributed by atoms with Gasteiger partial charge in [0.05, 0.1) is 12.1 Å². The van der Waals surface area contributed by atoms with Crippen molar-refractivity contribution < 1.29 is 18.3 Å². The van der Waals surface area contributed by atoms with Gasteiger partial charge in [0.2, 0.25) is 0 Å². The minimum atomic E-state index is -4.32. The second-order valence-corrected chi connectivity index (χ2v) is 6.42. The van der Waals surface area contributed by atoms with E-state index in [0.717, 1.165) is 25.0 Å². The molecule has 27 heavy (non-hydrogen) atoms. The van der Waals surface area contributed by atoms with E-state index in [1.165, 1.54) is 12.1 Å². The van der Waals surface area contributed by atoms with E-state index in [2.05, 4.69) is 29.5 Å². The van der Waals surface area contributed by atoms with Gasteiger partial charge >= 0.3 is 6.18 Å². The molecule has 0 bridgehead atoms. The van der Waals surface area contributed by atoms with Crippen molar-refractivity contribution >= 4 is 29.9 Å². The Morgan fingerprint density at radius 3 is 2.07 bits per heavy atom. The molecule has 0 heterocycles. The van der Waals surface area contributed by atoms with Crippen LogP contribution in [-0.2, 0) is 12.7 Å². The summed E-state index contributed by atoms with van der Waals surface area (Å²) in [5.41, 5.74) is 0.0528. The number of aliphatic hydroxyl groups excluding tert-OH is 1. The molecule has 4 nitrogen and oxygen atoms in total. The van der Waals surface area contributed by atoms with Gasteiger partial charge in [-0.15, -0.1) is 24.0 Å². The lowest BCUT2D eigenvalue weighted by molar-refractivity contribution is -0.137. The van der Waals surface area contributed by atoms with Gasteiger partial charge in [-0.05, 0) is 49.3 Å². The van der Waals surface area contributed by atoms with E-state index in [-0.39, 0.29) is 36.0 Å². The molecule has 1 aromatic carbocycles. The molecule has 0 aliphatic carbocycles. The topological polar surface area (TPSA) is 56.7 Å². The van der Waals surface area contributed by atoms with Crippen LogP contribution in [0.5, 0.6) is 0 Å². The fourth-order valence-corrected chi connectivity index (χ4v) is 2.76. The van der Waals surface area contributed by atoms with Gasteiger partial charge in [-0.25, -0.2) is 4.99 Å². The van der Waals surface area contributed by atoms with E-state index >= 15 is 0 Å². The van der Waals surface area contributed by atoms with Crippen molar-refractivity contribution in [2.45, 2.75) is 52.8 Å². The first-order valence-corrected chi connectivity index (χ1v) is 9.09. The fraction of sp³-hybridized carbons (Fsp3) is 0.632. The molecule has 0 aromatic heterocycles. The van der Waals surface area contributed by atoms with Gasteiger partial charge in [-0.1, -0.05) is 26.0 Å². The molecule has 0 aliphatic heterocycles. The summed E-state index contributed by atoms with van der Waals surface area (Å²) in [7, 11) is 0. The number of nitrogens with one attached hydrogen (secondary N) is 2. The highest BCUT2D eigenvalue weighted by Gasteiger charge is 2.30. The normalized spacial score (nSPS) is 12.5. The summed E-state index contributed by atoms with van der Waals surface area (Å²) in [6, 6.07) is 5.05. The number of guanidine groups is 1. The van der Waals surface area contributed by atoms with Crippen LogP contribution in [0.4, 0.5) is 13.2 Å². The Morgan fingerprint density at radius 2 is 1.63 bits per heavy atom. The monoisotopic (exact) mass is 501 g/mol. The Kier molecular flexibility index (Phi) is 12.0. The minimum absolute atomic E-state index is 0. The first-order chi connectivity index (χ1) is 12.3. The number of aliphatic imine (C=N–C) groups is 1. The maximum absolute atomic E-state index is 12.6. The molecule has 1 aromatic rings. The number of halogens is 4. The molecule has 0 radical (unpaired) electrons. The number of aliphatic hydroxyl groups is 1. The first kappa shape index (κ1) is 26.0. The van der Waals surface area contributed by atoms with Crippen LogP contribution in [0.25, 0.3) is 0 Å². The van der Waals surface area contributed by atoms with Gasteiger partial charge in [0, 0.05) is 19.7 Å². The number of nitrogens with zero attached hydrogens (tertiary/aromatic N) is 1. The molecule has 0 atom stereocenters. The predicted molar refractivity (Wildman–Crippen MR) is 114 cm³/mol. The van der Waals surface area contributed by atoms with Crippen LogP contribution >= 0.6 is 24.0 Å². The highest BCUT2D eigenvalue weighted by atomic mass is 127. The van der Waals surface area contributed by atoms with Crippen molar-refractivity contribution in [3.05, 3.63) is 35.4 Å². The number of alkyl halides is 3. The van der Waals surface area contributed by atoms with Crippen LogP contribution in [0, 0.1) is 5.41 Å². The van der Waals surface area contributed by atoms with Crippen LogP contribution < -0.4 is 10.6 Å². The molecular formula is C19H31F3IN3O. The molecule has 3 N–H and O–H groups in total. The first-order valence-electron chi connectivity index (χ1n) is 9.09. The molecule has 0 saturated heterocycles. The van der Waals surface area contributed by atoms with Crippen LogP contribution in [0.1, 0.15) is 51.2 Å². The summed E-state index contributed by atoms with van der Waals surface area (Å²) in [5, 5.41) is 15.8. The summed E-state index contributed by atoms with van der Waals surface area (Å²) >= 11 is 0. The minimum Gasteiger partial charge on any atom is -0.396 e. The summed E-state index contributed by atoms with van der Waals surface area (Å²) < 4.78 is 37.8. The van der Waals surface area contributed by atoms with Crippen molar-refractivity contribution in [3.63, 3.8) is 0 Å². The van der Waals surface area contributed by atoms with E-state index in [1.807, 2.05) is 6.92 Å². The molecule has 0 spiro atoms. The van der Waals surface area contributed by atoms with Gasteiger partial charge in [-0.3, -0.25) is 0 Å². The average Bonchev–Trinajstić information content (AvgIpc) is 2.62. The fourth-order valence-electron chi connectivity index (χ4n) is 2.76. The van der Waals surface area contributed by atoms with Crippen LogP contribution in [0.3, 0.4) is 0 Å². The van der Waals surface area contributed by atoms with Crippen molar-refractivity contribution in [3.8, 4) is 0 Å². The third-order valence-corrected chi connectivity index (χ3v) is 4.82. The van der Waals surface area contributed by atoms with Gasteiger partial charge in [0.15, 0.2) is 5.96 Å². The Morgan fingerprint density at radius 1 is 1.04 bits per heavy atom. The molecule has 0 unspecified atom stereocenters. The highest BCUT2D eigenvalue weighted by molar-refractivity contribution is 14.0. The van der Waals surface area contributed by atoms with Gasteiger partial charge in [-0.2, -0.15) is 13.2 Å². The highest BCUT2D eigenvalue weighted by Crippen LogP contribution is 2.30. The van der Waals surface area contributed by atoms with Crippen molar-refractivity contribution in [1.29, 1.82) is 0 Å². The lowest BCUT2D eigenvalue weighted by atomic mass is 9.79. The number of hydrogen-bond acceptors (Lipinski definition) is 2. The molecule has 0 saturated carbocycles. The van der Waals surface area contributed by atoms with E-state index < -0.39 is 11.7 Å². The summed E-state index contributed by atoms with van der Waals surface area (Å²) in [6.07, 6.45) is -1.73. The second kappa shape index (κ2) is 12.4. The SMILES string of the molecule is CCNC(=NCc1ccc(C(F)(F)F)cc1)NCC(CC)(CC)CCO.I. The maximum atomic E-state index is 12.6. The third kappa shape index (κ3) is 8.68. The number of rotatable bonds is 9. The van der Waals surface area contributed by atoms with Crippen LogP contribution in [0.15, 0.2) is 29.3 Å². The summed E-state index contributed by atoms with van der Waals surface area (Å²) in [6.45, 7) is 7.96. The zero-order valence-electron chi connectivity index (χ0n) is 16.2. The van der Waals surface area contributed by atoms with Crippen LogP contribution in [-0.4, -0.2) is 30.8 Å². The van der Waals surface area contributed by atoms with Gasteiger partial charge < -0.3 is 15.7 Å². The lowest BCUT2D eigenvalue weighted by Gasteiger charge is -2.32.